The van der Waals surface area contributed by atoms with Crippen LogP contribution in [0.15, 0.2) is 30.3 Å². The third kappa shape index (κ3) is 2.93. The first-order valence-electron chi connectivity index (χ1n) is 7.53. The fourth-order valence-corrected chi connectivity index (χ4v) is 3.55. The van der Waals surface area contributed by atoms with Gasteiger partial charge in [-0.25, -0.2) is 0 Å². The maximum absolute atomic E-state index is 5.85. The van der Waals surface area contributed by atoms with Gasteiger partial charge in [0.05, 0.1) is 0 Å². The minimum atomic E-state index is 0.429. The van der Waals surface area contributed by atoms with E-state index >= 15 is 0 Å². The lowest BCUT2D eigenvalue weighted by atomic mass is 9.93. The molecule has 1 aliphatic carbocycles. The van der Waals surface area contributed by atoms with Gasteiger partial charge in [-0.1, -0.05) is 31.0 Å². The topological polar surface area (TPSA) is 24.5 Å². The second-order valence-corrected chi connectivity index (χ2v) is 5.76. The summed E-state index contributed by atoms with van der Waals surface area (Å²) in [5.74, 6) is 0.984. The van der Waals surface area contributed by atoms with Gasteiger partial charge in [0.15, 0.2) is 0 Å². The number of hydrogen-bond donors (Lipinski definition) is 1. The molecule has 3 heteroatoms. The third-order valence-electron chi connectivity index (χ3n) is 4.59. The first-order chi connectivity index (χ1) is 9.39. The molecule has 0 amide bonds. The number of benzene rings is 1. The monoisotopic (exact) mass is 260 g/mol. The van der Waals surface area contributed by atoms with Crippen molar-refractivity contribution in [2.45, 2.75) is 31.2 Å². The van der Waals surface area contributed by atoms with Crippen LogP contribution in [0.1, 0.15) is 25.7 Å². The minimum absolute atomic E-state index is 0.429. The number of rotatable bonds is 4. The standard InChI is InChI=1S/C16H24N2O/c1-2-6-15(7-3-1)19-13-12-18-11-10-17-14-16(18)8-4-5-9-16/h1-3,6-7,17H,4-5,8-14H2. The number of piperazine rings is 1. The minimum Gasteiger partial charge on any atom is -0.492 e. The van der Waals surface area contributed by atoms with Gasteiger partial charge in [-0.15, -0.1) is 0 Å². The molecular weight excluding hydrogens is 236 g/mol. The van der Waals surface area contributed by atoms with E-state index in [1.54, 1.807) is 0 Å². The smallest absolute Gasteiger partial charge is 0.119 e. The summed E-state index contributed by atoms with van der Waals surface area (Å²) < 4.78 is 5.85. The van der Waals surface area contributed by atoms with Crippen molar-refractivity contribution in [1.82, 2.24) is 10.2 Å². The van der Waals surface area contributed by atoms with Gasteiger partial charge in [0.2, 0.25) is 0 Å². The van der Waals surface area contributed by atoms with E-state index in [0.717, 1.165) is 32.0 Å². The molecule has 0 atom stereocenters. The van der Waals surface area contributed by atoms with Gasteiger partial charge in [-0.3, -0.25) is 4.90 Å². The summed E-state index contributed by atoms with van der Waals surface area (Å²) in [5, 5.41) is 3.57. The number of nitrogens with one attached hydrogen (secondary N) is 1. The zero-order chi connectivity index (χ0) is 13.0. The predicted molar refractivity (Wildman–Crippen MR) is 77.6 cm³/mol. The largest absolute Gasteiger partial charge is 0.492 e. The molecule has 1 N–H and O–H groups in total. The summed E-state index contributed by atoms with van der Waals surface area (Å²) in [7, 11) is 0. The Bertz CT molecular complexity index is 387. The second kappa shape index (κ2) is 5.93. The van der Waals surface area contributed by atoms with Gasteiger partial charge in [-0.05, 0) is 25.0 Å². The highest BCUT2D eigenvalue weighted by molar-refractivity contribution is 5.20. The Morgan fingerprint density at radius 1 is 1.16 bits per heavy atom. The van der Waals surface area contributed by atoms with Crippen LogP contribution in [0.4, 0.5) is 0 Å². The van der Waals surface area contributed by atoms with Crippen molar-refractivity contribution < 1.29 is 4.74 Å². The van der Waals surface area contributed by atoms with E-state index in [9.17, 15) is 0 Å². The van der Waals surface area contributed by atoms with Crippen molar-refractivity contribution in [2.24, 2.45) is 0 Å². The highest BCUT2D eigenvalue weighted by atomic mass is 16.5. The summed E-state index contributed by atoms with van der Waals surface area (Å²) in [5.41, 5.74) is 0.429. The Balaban J connectivity index is 1.53. The molecule has 104 valence electrons. The Kier molecular flexibility index (Phi) is 4.04. The van der Waals surface area contributed by atoms with Crippen molar-refractivity contribution in [3.63, 3.8) is 0 Å². The molecule has 1 aromatic rings. The molecule has 0 unspecified atom stereocenters. The van der Waals surface area contributed by atoms with Crippen LogP contribution in [-0.2, 0) is 0 Å². The lowest BCUT2D eigenvalue weighted by molar-refractivity contribution is 0.0516. The van der Waals surface area contributed by atoms with Crippen LogP contribution in [0.2, 0.25) is 0 Å². The molecule has 0 bridgehead atoms. The summed E-state index contributed by atoms with van der Waals surface area (Å²) >= 11 is 0. The second-order valence-electron chi connectivity index (χ2n) is 5.76. The lowest BCUT2D eigenvalue weighted by Gasteiger charge is -2.45. The highest BCUT2D eigenvalue weighted by Gasteiger charge is 2.40. The Hall–Kier alpha value is -1.06. The van der Waals surface area contributed by atoms with Crippen molar-refractivity contribution in [2.75, 3.05) is 32.8 Å². The quantitative estimate of drug-likeness (QED) is 0.899. The SMILES string of the molecule is c1ccc(OCCN2CCNCC23CCCC3)cc1. The number of ether oxygens (including phenoxy) is 1. The zero-order valence-corrected chi connectivity index (χ0v) is 11.6. The molecule has 0 aromatic heterocycles. The van der Waals surface area contributed by atoms with E-state index in [2.05, 4.69) is 10.2 Å². The van der Waals surface area contributed by atoms with Crippen LogP contribution in [0.3, 0.4) is 0 Å². The molecule has 19 heavy (non-hydrogen) atoms. The van der Waals surface area contributed by atoms with E-state index in [1.165, 1.54) is 32.2 Å². The lowest BCUT2D eigenvalue weighted by Crippen LogP contribution is -2.60. The molecule has 0 radical (unpaired) electrons. The van der Waals surface area contributed by atoms with E-state index in [4.69, 9.17) is 4.74 Å². The Labute approximate surface area is 115 Å². The number of nitrogens with zero attached hydrogens (tertiary/aromatic N) is 1. The molecule has 1 spiro atoms. The molecule has 2 fully saturated rings. The fraction of sp³-hybridized carbons (Fsp3) is 0.625. The van der Waals surface area contributed by atoms with Crippen LogP contribution in [0.5, 0.6) is 5.75 Å². The molecule has 1 saturated carbocycles. The molecule has 1 aromatic carbocycles. The Morgan fingerprint density at radius 2 is 1.95 bits per heavy atom. The maximum atomic E-state index is 5.85. The average Bonchev–Trinajstić information content (AvgIpc) is 2.92. The first-order valence-corrected chi connectivity index (χ1v) is 7.53. The van der Waals surface area contributed by atoms with Gasteiger partial charge in [0.1, 0.15) is 12.4 Å². The van der Waals surface area contributed by atoms with Gasteiger partial charge in [-0.2, -0.15) is 0 Å². The zero-order valence-electron chi connectivity index (χ0n) is 11.6. The van der Waals surface area contributed by atoms with Crippen LogP contribution in [0, 0.1) is 0 Å². The van der Waals surface area contributed by atoms with Crippen molar-refractivity contribution in [1.29, 1.82) is 0 Å². The fourth-order valence-electron chi connectivity index (χ4n) is 3.55. The van der Waals surface area contributed by atoms with Crippen LogP contribution >= 0.6 is 0 Å². The molecule has 1 aliphatic heterocycles. The molecule has 1 heterocycles. The third-order valence-corrected chi connectivity index (χ3v) is 4.59. The van der Waals surface area contributed by atoms with E-state index in [0.29, 0.717) is 5.54 Å². The summed E-state index contributed by atoms with van der Waals surface area (Å²) in [6.07, 6.45) is 5.48. The van der Waals surface area contributed by atoms with Crippen LogP contribution in [-0.4, -0.2) is 43.2 Å². The summed E-state index contributed by atoms with van der Waals surface area (Å²) in [6, 6.07) is 10.1. The van der Waals surface area contributed by atoms with Gasteiger partial charge < -0.3 is 10.1 Å². The average molecular weight is 260 g/mol. The maximum Gasteiger partial charge on any atom is 0.119 e. The number of hydrogen-bond acceptors (Lipinski definition) is 3. The predicted octanol–water partition coefficient (Wildman–Crippen LogP) is 2.28. The van der Waals surface area contributed by atoms with Gasteiger partial charge in [0.25, 0.3) is 0 Å². The first kappa shape index (κ1) is 12.9. The Morgan fingerprint density at radius 3 is 2.74 bits per heavy atom. The van der Waals surface area contributed by atoms with Crippen LogP contribution < -0.4 is 10.1 Å². The molecular formula is C16H24N2O. The highest BCUT2D eigenvalue weighted by Crippen LogP contribution is 2.35. The molecule has 1 saturated heterocycles. The summed E-state index contributed by atoms with van der Waals surface area (Å²) in [4.78, 5) is 2.67. The molecule has 3 rings (SSSR count). The van der Waals surface area contributed by atoms with Crippen molar-refractivity contribution in [3.8, 4) is 5.75 Å². The van der Waals surface area contributed by atoms with Gasteiger partial charge in [0, 0.05) is 31.7 Å². The van der Waals surface area contributed by atoms with E-state index < -0.39 is 0 Å². The van der Waals surface area contributed by atoms with Crippen molar-refractivity contribution >= 4 is 0 Å². The van der Waals surface area contributed by atoms with E-state index in [-0.39, 0.29) is 0 Å². The van der Waals surface area contributed by atoms with E-state index in [1.807, 2.05) is 30.3 Å². The van der Waals surface area contributed by atoms with Gasteiger partial charge >= 0.3 is 0 Å². The van der Waals surface area contributed by atoms with Crippen molar-refractivity contribution in [3.05, 3.63) is 30.3 Å². The number of para-hydroxylation sites is 1. The summed E-state index contributed by atoms with van der Waals surface area (Å²) in [6.45, 7) is 5.30. The molecule has 3 nitrogen and oxygen atoms in total. The van der Waals surface area contributed by atoms with Crippen LogP contribution in [0.25, 0.3) is 0 Å². The molecule has 2 aliphatic rings. The normalized spacial score (nSPS) is 22.7.